The van der Waals surface area contributed by atoms with Crippen LogP contribution in [0.25, 0.3) is 0 Å². The highest BCUT2D eigenvalue weighted by Gasteiger charge is 2.33. The lowest BCUT2D eigenvalue weighted by Crippen LogP contribution is -2.42. The van der Waals surface area contributed by atoms with Crippen molar-refractivity contribution in [3.63, 3.8) is 0 Å². The molecule has 2 aromatic rings. The number of hydrogen-bond acceptors (Lipinski definition) is 2. The second-order valence-corrected chi connectivity index (χ2v) is 11.9. The Morgan fingerprint density at radius 2 is 1.31 bits per heavy atom. The summed E-state index contributed by atoms with van der Waals surface area (Å²) in [6, 6.07) is 19.2. The summed E-state index contributed by atoms with van der Waals surface area (Å²) in [5, 5.41) is 8.12. The smallest absolute Gasteiger partial charge is 0.168 e. The van der Waals surface area contributed by atoms with Crippen LogP contribution in [0.15, 0.2) is 48.5 Å². The molecular formula is C28H41N3S. The fraction of sp³-hybridized carbons (Fsp3) is 0.536. The Hall–Kier alpha value is -1.91. The molecule has 2 atom stereocenters. The second-order valence-electron chi connectivity index (χ2n) is 11.5. The topological polar surface area (TPSA) is 27.3 Å². The quantitative estimate of drug-likeness (QED) is 0.594. The van der Waals surface area contributed by atoms with E-state index >= 15 is 0 Å². The lowest BCUT2D eigenvalue weighted by molar-refractivity contribution is 0.521. The molecule has 1 saturated heterocycles. The van der Waals surface area contributed by atoms with Gasteiger partial charge in [0.05, 0.1) is 0 Å². The summed E-state index contributed by atoms with van der Waals surface area (Å²) in [5.41, 5.74) is 5.80. The number of rotatable bonds is 4. The Labute approximate surface area is 201 Å². The first kappa shape index (κ1) is 24.7. The van der Waals surface area contributed by atoms with Crippen molar-refractivity contribution in [1.29, 1.82) is 0 Å². The van der Waals surface area contributed by atoms with E-state index in [1.54, 1.807) is 0 Å². The first-order valence-corrected chi connectivity index (χ1v) is 12.2. The van der Waals surface area contributed by atoms with Gasteiger partial charge in [0.2, 0.25) is 0 Å². The standard InChI is InChI=1S/C28H41N3S/c1-27(2,3)21-13-9-19(10-14-21)25(20-11-15-22(16-12-20)28(4,5)6)24-17-23(18-29-24)30-26(32)31(7)8/h9-16,23-25,29H,17-18H2,1-8H3,(H,30,32)/t23-,24-/m1/s1. The number of nitrogens with zero attached hydrogens (tertiary/aromatic N) is 1. The van der Waals surface area contributed by atoms with Crippen molar-refractivity contribution in [2.75, 3.05) is 20.6 Å². The fourth-order valence-electron chi connectivity index (χ4n) is 4.47. The van der Waals surface area contributed by atoms with Crippen LogP contribution in [0.2, 0.25) is 0 Å². The first-order chi connectivity index (χ1) is 14.9. The van der Waals surface area contributed by atoms with E-state index in [0.29, 0.717) is 18.0 Å². The number of benzene rings is 2. The Kier molecular flexibility index (Phi) is 7.36. The number of thiocarbonyl (C=S) groups is 1. The molecule has 0 spiro atoms. The van der Waals surface area contributed by atoms with Gasteiger partial charge in [0.15, 0.2) is 5.11 Å². The minimum Gasteiger partial charge on any atom is -0.359 e. The summed E-state index contributed by atoms with van der Waals surface area (Å²) in [6.07, 6.45) is 1.04. The van der Waals surface area contributed by atoms with Gasteiger partial charge in [-0.25, -0.2) is 0 Å². The van der Waals surface area contributed by atoms with Crippen LogP contribution in [0.4, 0.5) is 0 Å². The average Bonchev–Trinajstić information content (AvgIpc) is 3.15. The predicted octanol–water partition coefficient (Wildman–Crippen LogP) is 5.58. The summed E-state index contributed by atoms with van der Waals surface area (Å²) in [7, 11) is 3.98. The molecule has 1 heterocycles. The third kappa shape index (κ3) is 5.90. The maximum absolute atomic E-state index is 5.49. The maximum atomic E-state index is 5.49. The molecular weight excluding hydrogens is 410 g/mol. The third-order valence-electron chi connectivity index (χ3n) is 6.57. The van der Waals surface area contributed by atoms with Gasteiger partial charge in [-0.2, -0.15) is 0 Å². The Balaban J connectivity index is 1.91. The third-order valence-corrected chi connectivity index (χ3v) is 7.06. The number of nitrogens with one attached hydrogen (secondary N) is 2. The molecule has 0 aliphatic carbocycles. The molecule has 2 N–H and O–H groups in total. The van der Waals surface area contributed by atoms with E-state index in [9.17, 15) is 0 Å². The molecule has 3 nitrogen and oxygen atoms in total. The normalized spacial score (nSPS) is 19.3. The molecule has 174 valence electrons. The van der Waals surface area contributed by atoms with E-state index in [0.717, 1.165) is 18.1 Å². The SMILES string of the molecule is CN(C)C(=S)N[C@H]1CN[C@@H](C(c2ccc(C(C)(C)C)cc2)c2ccc(C(C)(C)C)cc2)C1. The van der Waals surface area contributed by atoms with Gasteiger partial charge in [0, 0.05) is 38.6 Å². The zero-order chi connectivity index (χ0) is 23.7. The largest absolute Gasteiger partial charge is 0.359 e. The highest BCUT2D eigenvalue weighted by atomic mass is 32.1. The van der Waals surface area contributed by atoms with E-state index in [-0.39, 0.29) is 10.8 Å². The van der Waals surface area contributed by atoms with Crippen molar-refractivity contribution in [2.45, 2.75) is 76.8 Å². The van der Waals surface area contributed by atoms with Crippen LogP contribution in [0.1, 0.15) is 76.1 Å². The monoisotopic (exact) mass is 451 g/mol. The van der Waals surface area contributed by atoms with Crippen LogP contribution in [-0.4, -0.2) is 42.7 Å². The van der Waals surface area contributed by atoms with Crippen LogP contribution in [-0.2, 0) is 10.8 Å². The van der Waals surface area contributed by atoms with Crippen LogP contribution < -0.4 is 10.6 Å². The highest BCUT2D eigenvalue weighted by Crippen LogP contribution is 2.35. The van der Waals surface area contributed by atoms with Crippen molar-refractivity contribution in [3.8, 4) is 0 Å². The van der Waals surface area contributed by atoms with Crippen LogP contribution >= 0.6 is 12.2 Å². The van der Waals surface area contributed by atoms with Crippen molar-refractivity contribution in [2.24, 2.45) is 0 Å². The van der Waals surface area contributed by atoms with Gasteiger partial charge in [-0.1, -0.05) is 90.1 Å². The minimum atomic E-state index is 0.158. The van der Waals surface area contributed by atoms with Crippen LogP contribution in [0, 0.1) is 0 Å². The molecule has 4 heteroatoms. The molecule has 0 amide bonds. The van der Waals surface area contributed by atoms with Crippen molar-refractivity contribution < 1.29 is 0 Å². The van der Waals surface area contributed by atoms with Crippen molar-refractivity contribution in [3.05, 3.63) is 70.8 Å². The molecule has 32 heavy (non-hydrogen) atoms. The Morgan fingerprint density at radius 1 is 0.875 bits per heavy atom. The van der Waals surface area contributed by atoms with Crippen LogP contribution in [0.3, 0.4) is 0 Å². The molecule has 0 aromatic heterocycles. The lowest BCUT2D eigenvalue weighted by atomic mass is 9.80. The zero-order valence-electron chi connectivity index (χ0n) is 21.1. The molecule has 1 aliphatic heterocycles. The first-order valence-electron chi connectivity index (χ1n) is 11.8. The minimum absolute atomic E-state index is 0.158. The van der Waals surface area contributed by atoms with E-state index < -0.39 is 0 Å². The number of hydrogen-bond donors (Lipinski definition) is 2. The van der Waals surface area contributed by atoms with Crippen molar-refractivity contribution in [1.82, 2.24) is 15.5 Å². The van der Waals surface area contributed by atoms with E-state index in [1.165, 1.54) is 22.3 Å². The highest BCUT2D eigenvalue weighted by molar-refractivity contribution is 7.80. The van der Waals surface area contributed by atoms with E-state index in [2.05, 4.69) is 101 Å². The Morgan fingerprint density at radius 3 is 1.69 bits per heavy atom. The van der Waals surface area contributed by atoms with Gasteiger partial charge >= 0.3 is 0 Å². The van der Waals surface area contributed by atoms with Gasteiger partial charge in [-0.15, -0.1) is 0 Å². The van der Waals surface area contributed by atoms with Gasteiger partial charge in [0.1, 0.15) is 0 Å². The van der Waals surface area contributed by atoms with Crippen molar-refractivity contribution >= 4 is 17.3 Å². The Bertz CT molecular complexity index is 844. The fourth-order valence-corrected chi connectivity index (χ4v) is 4.64. The van der Waals surface area contributed by atoms with E-state index in [1.807, 2.05) is 19.0 Å². The summed E-state index contributed by atoms with van der Waals surface area (Å²) >= 11 is 5.49. The van der Waals surface area contributed by atoms with Gasteiger partial charge in [0.25, 0.3) is 0 Å². The predicted molar refractivity (Wildman–Crippen MR) is 142 cm³/mol. The second kappa shape index (κ2) is 9.52. The van der Waals surface area contributed by atoms with Gasteiger partial charge in [-0.05, 0) is 51.7 Å². The molecule has 0 unspecified atom stereocenters. The molecule has 3 rings (SSSR count). The summed E-state index contributed by atoms with van der Waals surface area (Å²) in [6.45, 7) is 14.6. The molecule has 0 saturated carbocycles. The zero-order valence-corrected chi connectivity index (χ0v) is 21.9. The molecule has 1 fully saturated rings. The molecule has 0 radical (unpaired) electrons. The maximum Gasteiger partial charge on any atom is 0.168 e. The van der Waals surface area contributed by atoms with Gasteiger partial charge < -0.3 is 15.5 Å². The van der Waals surface area contributed by atoms with Gasteiger partial charge in [-0.3, -0.25) is 0 Å². The molecule has 0 bridgehead atoms. The molecule has 2 aromatic carbocycles. The average molecular weight is 452 g/mol. The summed E-state index contributed by atoms with van der Waals surface area (Å²) in [5.74, 6) is 0.303. The summed E-state index contributed by atoms with van der Waals surface area (Å²) < 4.78 is 0. The van der Waals surface area contributed by atoms with E-state index in [4.69, 9.17) is 12.2 Å². The van der Waals surface area contributed by atoms with Crippen LogP contribution in [0.5, 0.6) is 0 Å². The summed E-state index contributed by atoms with van der Waals surface area (Å²) in [4.78, 5) is 1.97. The molecule has 1 aliphatic rings. The lowest BCUT2D eigenvalue weighted by Gasteiger charge is -2.28.